The molecular weight excluding hydrogens is 343 g/mol. The van der Waals surface area contributed by atoms with E-state index in [1.807, 2.05) is 0 Å². The fourth-order valence-electron chi connectivity index (χ4n) is 4.24. The highest BCUT2D eigenvalue weighted by Crippen LogP contribution is 2.48. The molecule has 1 atom stereocenters. The number of nitrogens with zero attached hydrogens (tertiary/aromatic N) is 1. The molecule has 3 rings (SSSR count). The van der Waals surface area contributed by atoms with Gasteiger partial charge in [0.05, 0.1) is 17.9 Å². The third-order valence-corrected chi connectivity index (χ3v) is 6.85. The SMILES string of the molecule is Cc1ccc(NC(=O)C2CN(S(C)(=O)=O)CC23CCCCC3)c(F)c1. The molecule has 1 saturated heterocycles. The minimum absolute atomic E-state index is 0.152. The van der Waals surface area contributed by atoms with Crippen molar-refractivity contribution >= 4 is 21.6 Å². The van der Waals surface area contributed by atoms with Crippen molar-refractivity contribution in [2.75, 3.05) is 24.7 Å². The van der Waals surface area contributed by atoms with Crippen LogP contribution in [-0.2, 0) is 14.8 Å². The highest BCUT2D eigenvalue weighted by Gasteiger charge is 2.52. The molecule has 1 N–H and O–H groups in total. The number of benzene rings is 1. The molecule has 0 bridgehead atoms. The lowest BCUT2D eigenvalue weighted by Gasteiger charge is -2.37. The Balaban J connectivity index is 1.85. The van der Waals surface area contributed by atoms with E-state index in [0.717, 1.165) is 37.7 Å². The third kappa shape index (κ3) is 3.72. The molecule has 1 amide bonds. The van der Waals surface area contributed by atoms with Crippen LogP contribution < -0.4 is 5.32 Å². The van der Waals surface area contributed by atoms with Gasteiger partial charge in [0.1, 0.15) is 5.82 Å². The second kappa shape index (κ2) is 6.68. The Kier molecular flexibility index (Phi) is 4.90. The van der Waals surface area contributed by atoms with Gasteiger partial charge in [0.25, 0.3) is 0 Å². The van der Waals surface area contributed by atoms with Gasteiger partial charge in [-0.1, -0.05) is 25.3 Å². The highest BCUT2D eigenvalue weighted by atomic mass is 32.2. The molecule has 1 aromatic rings. The molecule has 138 valence electrons. The molecule has 1 heterocycles. The van der Waals surface area contributed by atoms with Crippen LogP contribution >= 0.6 is 0 Å². The van der Waals surface area contributed by atoms with E-state index in [2.05, 4.69) is 5.32 Å². The first-order chi connectivity index (χ1) is 11.7. The van der Waals surface area contributed by atoms with E-state index in [-0.39, 0.29) is 23.6 Å². The summed E-state index contributed by atoms with van der Waals surface area (Å²) in [6.07, 6.45) is 5.98. The first kappa shape index (κ1) is 18.3. The lowest BCUT2D eigenvalue weighted by atomic mass is 9.67. The molecule has 2 fully saturated rings. The fourth-order valence-corrected chi connectivity index (χ4v) is 5.15. The summed E-state index contributed by atoms with van der Waals surface area (Å²) in [5.74, 6) is -1.19. The van der Waals surface area contributed by atoms with Gasteiger partial charge in [-0.2, -0.15) is 0 Å². The lowest BCUT2D eigenvalue weighted by Crippen LogP contribution is -2.39. The van der Waals surface area contributed by atoms with Gasteiger partial charge >= 0.3 is 0 Å². The monoisotopic (exact) mass is 368 g/mol. The molecule has 2 aliphatic rings. The molecular formula is C18H25FN2O3S. The molecule has 0 aromatic heterocycles. The summed E-state index contributed by atoms with van der Waals surface area (Å²) in [6.45, 7) is 2.35. The summed E-state index contributed by atoms with van der Waals surface area (Å²) >= 11 is 0. The molecule has 1 aromatic carbocycles. The van der Waals surface area contributed by atoms with Gasteiger partial charge < -0.3 is 5.32 Å². The van der Waals surface area contributed by atoms with Crippen LogP contribution in [0.15, 0.2) is 18.2 Å². The van der Waals surface area contributed by atoms with E-state index >= 15 is 0 Å². The van der Waals surface area contributed by atoms with Crippen molar-refractivity contribution < 1.29 is 17.6 Å². The van der Waals surface area contributed by atoms with E-state index in [0.29, 0.717) is 6.54 Å². The number of nitrogens with one attached hydrogen (secondary N) is 1. The van der Waals surface area contributed by atoms with Crippen LogP contribution in [0.5, 0.6) is 0 Å². The van der Waals surface area contributed by atoms with Crippen molar-refractivity contribution in [1.82, 2.24) is 4.31 Å². The van der Waals surface area contributed by atoms with Gasteiger partial charge in [0, 0.05) is 13.1 Å². The highest BCUT2D eigenvalue weighted by molar-refractivity contribution is 7.88. The smallest absolute Gasteiger partial charge is 0.229 e. The number of rotatable bonds is 3. The van der Waals surface area contributed by atoms with Gasteiger partial charge in [0.2, 0.25) is 15.9 Å². The van der Waals surface area contributed by atoms with Gasteiger partial charge in [-0.15, -0.1) is 0 Å². The standard InChI is InChI=1S/C18H25FN2O3S/c1-13-6-7-16(15(19)10-13)20-17(22)14-11-21(25(2,23)24)12-18(14)8-4-3-5-9-18/h6-7,10,14H,3-5,8-9,11-12H2,1-2H3,(H,20,22). The molecule has 1 saturated carbocycles. The predicted molar refractivity (Wildman–Crippen MR) is 95.2 cm³/mol. The Hall–Kier alpha value is -1.47. The Labute approximate surface area is 148 Å². The number of anilines is 1. The molecule has 5 nitrogen and oxygen atoms in total. The zero-order chi connectivity index (χ0) is 18.2. The number of carbonyl (C=O) groups excluding carboxylic acids is 1. The van der Waals surface area contributed by atoms with Gasteiger partial charge in [0.15, 0.2) is 0 Å². The summed E-state index contributed by atoms with van der Waals surface area (Å²) < 4.78 is 39.5. The molecule has 1 unspecified atom stereocenters. The Morgan fingerprint density at radius 3 is 2.56 bits per heavy atom. The maximum atomic E-state index is 14.1. The van der Waals surface area contributed by atoms with E-state index in [1.54, 1.807) is 19.1 Å². The van der Waals surface area contributed by atoms with Gasteiger partial charge in [-0.25, -0.2) is 17.1 Å². The van der Waals surface area contributed by atoms with Crippen LogP contribution in [0.1, 0.15) is 37.7 Å². The summed E-state index contributed by atoms with van der Waals surface area (Å²) in [5.41, 5.74) is 0.606. The molecule has 25 heavy (non-hydrogen) atoms. The normalized spacial score (nSPS) is 23.7. The second-order valence-corrected chi connectivity index (χ2v) is 9.49. The summed E-state index contributed by atoms with van der Waals surface area (Å²) in [5, 5.41) is 2.69. The first-order valence-electron chi connectivity index (χ1n) is 8.73. The van der Waals surface area contributed by atoms with Crippen LogP contribution in [0.4, 0.5) is 10.1 Å². The number of carbonyl (C=O) groups is 1. The second-order valence-electron chi connectivity index (χ2n) is 7.50. The van der Waals surface area contributed by atoms with Gasteiger partial charge in [-0.3, -0.25) is 4.79 Å². The number of amides is 1. The Bertz CT molecular complexity index is 773. The Morgan fingerprint density at radius 1 is 1.28 bits per heavy atom. The zero-order valence-electron chi connectivity index (χ0n) is 14.7. The molecule has 0 radical (unpaired) electrons. The van der Waals surface area contributed by atoms with Crippen molar-refractivity contribution in [2.45, 2.75) is 39.0 Å². The molecule has 1 aliphatic carbocycles. The fraction of sp³-hybridized carbons (Fsp3) is 0.611. The van der Waals surface area contributed by atoms with Crippen molar-refractivity contribution in [3.63, 3.8) is 0 Å². The first-order valence-corrected chi connectivity index (χ1v) is 10.6. The number of hydrogen-bond donors (Lipinski definition) is 1. The molecule has 1 aliphatic heterocycles. The maximum absolute atomic E-state index is 14.1. The minimum Gasteiger partial charge on any atom is -0.323 e. The van der Waals surface area contributed by atoms with Crippen molar-refractivity contribution in [2.24, 2.45) is 11.3 Å². The number of sulfonamides is 1. The largest absolute Gasteiger partial charge is 0.323 e. The van der Waals surface area contributed by atoms with Crippen LogP contribution in [0.2, 0.25) is 0 Å². The summed E-state index contributed by atoms with van der Waals surface area (Å²) in [7, 11) is -3.35. The quantitative estimate of drug-likeness (QED) is 0.892. The van der Waals surface area contributed by atoms with Crippen LogP contribution in [-0.4, -0.2) is 38.0 Å². The topological polar surface area (TPSA) is 66.5 Å². The number of halogens is 1. The van der Waals surface area contributed by atoms with Crippen molar-refractivity contribution in [1.29, 1.82) is 0 Å². The predicted octanol–water partition coefficient (Wildman–Crippen LogP) is 2.91. The lowest BCUT2D eigenvalue weighted by molar-refractivity contribution is -0.123. The van der Waals surface area contributed by atoms with E-state index in [4.69, 9.17) is 0 Å². The molecule has 7 heteroatoms. The zero-order valence-corrected chi connectivity index (χ0v) is 15.5. The summed E-state index contributed by atoms with van der Waals surface area (Å²) in [6, 6.07) is 4.68. The number of hydrogen-bond acceptors (Lipinski definition) is 3. The van der Waals surface area contributed by atoms with Gasteiger partial charge in [-0.05, 0) is 42.9 Å². The van der Waals surface area contributed by atoms with Crippen LogP contribution in [0, 0.1) is 24.1 Å². The number of aryl methyl sites for hydroxylation is 1. The van der Waals surface area contributed by atoms with Crippen LogP contribution in [0.3, 0.4) is 0 Å². The minimum atomic E-state index is -3.35. The Morgan fingerprint density at radius 2 is 1.96 bits per heavy atom. The van der Waals surface area contributed by atoms with Crippen LogP contribution in [0.25, 0.3) is 0 Å². The van der Waals surface area contributed by atoms with Crippen molar-refractivity contribution in [3.05, 3.63) is 29.6 Å². The van der Waals surface area contributed by atoms with E-state index in [9.17, 15) is 17.6 Å². The van der Waals surface area contributed by atoms with E-state index in [1.165, 1.54) is 16.6 Å². The average Bonchev–Trinajstić information content (AvgIpc) is 2.90. The average molecular weight is 368 g/mol. The third-order valence-electron chi connectivity index (χ3n) is 5.63. The van der Waals surface area contributed by atoms with Crippen molar-refractivity contribution in [3.8, 4) is 0 Å². The maximum Gasteiger partial charge on any atom is 0.229 e. The molecule has 1 spiro atoms. The summed E-state index contributed by atoms with van der Waals surface area (Å²) in [4.78, 5) is 12.9. The van der Waals surface area contributed by atoms with E-state index < -0.39 is 21.8 Å².